The largest absolute Gasteiger partial charge is 0.497 e. The van der Waals surface area contributed by atoms with Crippen LogP contribution in [0.4, 0.5) is 0 Å². The molecule has 0 aliphatic carbocycles. The molecular weight excluding hydrogens is 342 g/mol. The van der Waals surface area contributed by atoms with Gasteiger partial charge < -0.3 is 14.8 Å². The Bertz CT molecular complexity index is 816. The minimum absolute atomic E-state index is 0.00573. The molecule has 2 rings (SSSR count). The molecule has 0 aromatic heterocycles. The lowest BCUT2D eigenvalue weighted by Gasteiger charge is -2.10. The van der Waals surface area contributed by atoms with Gasteiger partial charge in [0.15, 0.2) is 9.84 Å². The Hall–Kier alpha value is -2.54. The number of sulfone groups is 1. The SMILES string of the molecule is COc1ccc(OCCNC(=O)Cc2ccccc2S(C)(=O)=O)cc1. The molecule has 0 bridgehead atoms. The fourth-order valence-electron chi connectivity index (χ4n) is 2.28. The molecule has 25 heavy (non-hydrogen) atoms. The van der Waals surface area contributed by atoms with Crippen LogP contribution in [0.15, 0.2) is 53.4 Å². The van der Waals surface area contributed by atoms with Crippen molar-refractivity contribution >= 4 is 15.7 Å². The van der Waals surface area contributed by atoms with Crippen LogP contribution in [0.1, 0.15) is 5.56 Å². The van der Waals surface area contributed by atoms with Crippen LogP contribution in [0.3, 0.4) is 0 Å². The van der Waals surface area contributed by atoms with E-state index in [0.717, 1.165) is 12.0 Å². The number of rotatable bonds is 8. The van der Waals surface area contributed by atoms with E-state index in [9.17, 15) is 13.2 Å². The first kappa shape index (κ1) is 18.8. The predicted octanol–water partition coefficient (Wildman–Crippen LogP) is 1.84. The molecule has 1 N–H and O–H groups in total. The molecule has 0 fully saturated rings. The van der Waals surface area contributed by atoms with E-state index in [1.54, 1.807) is 49.6 Å². The number of benzene rings is 2. The second kappa shape index (κ2) is 8.53. The Morgan fingerprint density at radius 1 is 1.04 bits per heavy atom. The van der Waals surface area contributed by atoms with E-state index < -0.39 is 9.84 Å². The van der Waals surface area contributed by atoms with E-state index in [4.69, 9.17) is 9.47 Å². The third-order valence-corrected chi connectivity index (χ3v) is 4.67. The smallest absolute Gasteiger partial charge is 0.224 e. The summed E-state index contributed by atoms with van der Waals surface area (Å²) in [6.45, 7) is 0.637. The van der Waals surface area contributed by atoms with Gasteiger partial charge in [0.05, 0.1) is 25.0 Å². The molecule has 1 amide bonds. The number of hydrogen-bond donors (Lipinski definition) is 1. The zero-order valence-corrected chi connectivity index (χ0v) is 15.0. The van der Waals surface area contributed by atoms with Crippen LogP contribution < -0.4 is 14.8 Å². The summed E-state index contributed by atoms with van der Waals surface area (Å²) in [4.78, 5) is 12.2. The van der Waals surface area contributed by atoms with Gasteiger partial charge in [0.2, 0.25) is 5.91 Å². The minimum Gasteiger partial charge on any atom is -0.497 e. The normalized spacial score (nSPS) is 11.0. The zero-order valence-electron chi connectivity index (χ0n) is 14.2. The van der Waals surface area contributed by atoms with Gasteiger partial charge in [-0.25, -0.2) is 8.42 Å². The molecule has 0 atom stereocenters. The van der Waals surface area contributed by atoms with Crippen molar-refractivity contribution in [3.8, 4) is 11.5 Å². The highest BCUT2D eigenvalue weighted by molar-refractivity contribution is 7.90. The first-order valence-electron chi connectivity index (χ1n) is 7.71. The van der Waals surface area contributed by atoms with Gasteiger partial charge in [-0.2, -0.15) is 0 Å². The van der Waals surface area contributed by atoms with Crippen molar-refractivity contribution in [1.82, 2.24) is 5.32 Å². The molecule has 6 nitrogen and oxygen atoms in total. The summed E-state index contributed by atoms with van der Waals surface area (Å²) in [6, 6.07) is 13.6. The Balaban J connectivity index is 1.81. The van der Waals surface area contributed by atoms with Gasteiger partial charge in [-0.3, -0.25) is 4.79 Å². The number of amides is 1. The van der Waals surface area contributed by atoms with E-state index in [2.05, 4.69) is 5.32 Å². The number of nitrogens with one attached hydrogen (secondary N) is 1. The summed E-state index contributed by atoms with van der Waals surface area (Å²) >= 11 is 0. The Kier molecular flexibility index (Phi) is 6.41. The van der Waals surface area contributed by atoms with Gasteiger partial charge in [-0.1, -0.05) is 18.2 Å². The number of ether oxygens (including phenoxy) is 2. The first-order chi connectivity index (χ1) is 11.9. The van der Waals surface area contributed by atoms with Crippen molar-refractivity contribution < 1.29 is 22.7 Å². The molecule has 0 spiro atoms. The number of carbonyl (C=O) groups excluding carboxylic acids is 1. The Labute approximate surface area is 147 Å². The van der Waals surface area contributed by atoms with Gasteiger partial charge in [0.25, 0.3) is 0 Å². The van der Waals surface area contributed by atoms with Crippen LogP contribution in [-0.4, -0.2) is 40.8 Å². The lowest BCUT2D eigenvalue weighted by Crippen LogP contribution is -2.29. The second-order valence-electron chi connectivity index (χ2n) is 5.43. The highest BCUT2D eigenvalue weighted by atomic mass is 32.2. The van der Waals surface area contributed by atoms with E-state index in [0.29, 0.717) is 24.5 Å². The van der Waals surface area contributed by atoms with Crippen molar-refractivity contribution in [1.29, 1.82) is 0 Å². The molecule has 0 heterocycles. The number of hydrogen-bond acceptors (Lipinski definition) is 5. The lowest BCUT2D eigenvalue weighted by molar-refractivity contribution is -0.120. The molecule has 134 valence electrons. The van der Waals surface area contributed by atoms with Crippen molar-refractivity contribution in [2.24, 2.45) is 0 Å². The van der Waals surface area contributed by atoms with Crippen molar-refractivity contribution in [2.75, 3.05) is 26.5 Å². The third-order valence-electron chi connectivity index (χ3n) is 3.48. The molecule has 0 saturated carbocycles. The van der Waals surface area contributed by atoms with E-state index in [-0.39, 0.29) is 17.2 Å². The fraction of sp³-hybridized carbons (Fsp3) is 0.278. The monoisotopic (exact) mass is 363 g/mol. The molecule has 0 saturated heterocycles. The molecule has 2 aromatic rings. The maximum Gasteiger partial charge on any atom is 0.224 e. The molecule has 0 aliphatic heterocycles. The average Bonchev–Trinajstić information content (AvgIpc) is 2.59. The van der Waals surface area contributed by atoms with Crippen molar-refractivity contribution in [2.45, 2.75) is 11.3 Å². The molecule has 7 heteroatoms. The third kappa shape index (κ3) is 5.79. The maximum absolute atomic E-state index is 12.0. The van der Waals surface area contributed by atoms with Gasteiger partial charge in [0.1, 0.15) is 18.1 Å². The maximum atomic E-state index is 12.0. The molecule has 0 aliphatic rings. The van der Waals surface area contributed by atoms with Gasteiger partial charge in [-0.05, 0) is 35.9 Å². The molecule has 2 aromatic carbocycles. The Morgan fingerprint density at radius 3 is 2.32 bits per heavy atom. The minimum atomic E-state index is -3.36. The van der Waals surface area contributed by atoms with Gasteiger partial charge in [0, 0.05) is 6.26 Å². The molecular formula is C18H21NO5S. The lowest BCUT2D eigenvalue weighted by atomic mass is 10.1. The summed E-state index contributed by atoms with van der Waals surface area (Å²) in [6.07, 6.45) is 1.14. The quantitative estimate of drug-likeness (QED) is 0.724. The zero-order chi connectivity index (χ0) is 18.3. The molecule has 0 radical (unpaired) electrons. The van der Waals surface area contributed by atoms with E-state index >= 15 is 0 Å². The van der Waals surface area contributed by atoms with Crippen LogP contribution in [0.2, 0.25) is 0 Å². The summed E-state index contributed by atoms with van der Waals surface area (Å²) < 4.78 is 34.1. The van der Waals surface area contributed by atoms with Crippen molar-refractivity contribution in [3.05, 3.63) is 54.1 Å². The number of carbonyl (C=O) groups is 1. The van der Waals surface area contributed by atoms with Crippen LogP contribution >= 0.6 is 0 Å². The standard InChI is InChI=1S/C18H21NO5S/c1-23-15-7-9-16(10-8-15)24-12-11-19-18(20)13-14-5-3-4-6-17(14)25(2,21)22/h3-10H,11-13H2,1-2H3,(H,19,20). The summed E-state index contributed by atoms with van der Waals surface area (Å²) in [5, 5.41) is 2.72. The fourth-order valence-corrected chi connectivity index (χ4v) is 3.22. The first-order valence-corrected chi connectivity index (χ1v) is 9.61. The van der Waals surface area contributed by atoms with E-state index in [1.807, 2.05) is 0 Å². The summed E-state index contributed by atoms with van der Waals surface area (Å²) in [5.41, 5.74) is 0.485. The predicted molar refractivity (Wildman–Crippen MR) is 94.8 cm³/mol. The topological polar surface area (TPSA) is 81.7 Å². The Morgan fingerprint density at radius 2 is 1.68 bits per heavy atom. The highest BCUT2D eigenvalue weighted by Gasteiger charge is 2.14. The summed E-state index contributed by atoms with van der Waals surface area (Å²) in [7, 11) is -1.77. The van der Waals surface area contributed by atoms with Crippen LogP contribution in [0.5, 0.6) is 11.5 Å². The van der Waals surface area contributed by atoms with E-state index in [1.165, 1.54) is 6.07 Å². The molecule has 0 unspecified atom stereocenters. The average molecular weight is 363 g/mol. The summed E-state index contributed by atoms with van der Waals surface area (Å²) in [5.74, 6) is 1.16. The highest BCUT2D eigenvalue weighted by Crippen LogP contribution is 2.17. The second-order valence-corrected chi connectivity index (χ2v) is 7.41. The van der Waals surface area contributed by atoms with Crippen molar-refractivity contribution in [3.63, 3.8) is 0 Å². The van der Waals surface area contributed by atoms with Gasteiger partial charge >= 0.3 is 0 Å². The number of methoxy groups -OCH3 is 1. The van der Waals surface area contributed by atoms with Gasteiger partial charge in [-0.15, -0.1) is 0 Å². The van der Waals surface area contributed by atoms with Crippen LogP contribution in [0, 0.1) is 0 Å². The van der Waals surface area contributed by atoms with Crippen LogP contribution in [0.25, 0.3) is 0 Å². The van der Waals surface area contributed by atoms with Crippen LogP contribution in [-0.2, 0) is 21.1 Å².